The molecule has 2 aliphatic carbocycles. The lowest BCUT2D eigenvalue weighted by atomic mass is 9.68. The van der Waals surface area contributed by atoms with Crippen LogP contribution in [0.4, 0.5) is 0 Å². The molecule has 216 valence electrons. The lowest BCUT2D eigenvalue weighted by molar-refractivity contribution is 0.148. The molecule has 0 spiro atoms. The molecular weight excluding hydrogens is 503 g/mol. The van der Waals surface area contributed by atoms with Crippen molar-refractivity contribution in [1.82, 2.24) is 0 Å². The molecule has 0 saturated heterocycles. The fraction of sp³-hybridized carbons (Fsp3) is 0.588. The number of hydrogen-bond donors (Lipinski definition) is 1. The van der Waals surface area contributed by atoms with E-state index in [1.165, 1.54) is 24.8 Å². The minimum Gasteiger partial charge on any atom is -0.508 e. The number of aliphatic hydroxyl groups is 1. The van der Waals surface area contributed by atoms with Gasteiger partial charge in [-0.15, -0.1) is 0 Å². The van der Waals surface area contributed by atoms with Crippen molar-refractivity contribution in [1.29, 1.82) is 0 Å². The first-order valence-corrected chi connectivity index (χ1v) is 16.6. The minimum atomic E-state index is -3.51. The number of rotatable bonds is 14. The van der Waals surface area contributed by atoms with Crippen LogP contribution in [0.1, 0.15) is 98.5 Å². The van der Waals surface area contributed by atoms with Crippen LogP contribution in [0.15, 0.2) is 77.1 Å². The van der Waals surface area contributed by atoms with Crippen molar-refractivity contribution in [2.24, 2.45) is 17.3 Å². The zero-order chi connectivity index (χ0) is 28.6. The predicted molar refractivity (Wildman–Crippen MR) is 164 cm³/mol. The van der Waals surface area contributed by atoms with Crippen LogP contribution in [0.2, 0.25) is 0 Å². The van der Waals surface area contributed by atoms with E-state index in [1.807, 2.05) is 43.3 Å². The molecule has 4 unspecified atom stereocenters. The average Bonchev–Trinajstić information content (AvgIpc) is 2.86. The summed E-state index contributed by atoms with van der Waals surface area (Å²) >= 11 is 0. The summed E-state index contributed by atoms with van der Waals surface area (Å²) < 4.78 is 26.8. The molecule has 0 fully saturated rings. The Labute approximate surface area is 237 Å². The highest BCUT2D eigenvalue weighted by molar-refractivity contribution is 7.53. The second-order valence-corrected chi connectivity index (χ2v) is 14.2. The number of allylic oxidation sites excluding steroid dienone is 4. The second-order valence-electron chi connectivity index (χ2n) is 12.2. The normalized spacial score (nSPS) is 23.7. The fourth-order valence-corrected chi connectivity index (χ4v) is 7.98. The molecule has 0 aliphatic heterocycles. The van der Waals surface area contributed by atoms with E-state index in [9.17, 15) is 9.67 Å². The van der Waals surface area contributed by atoms with E-state index in [0.717, 1.165) is 48.0 Å². The maximum atomic E-state index is 14.3. The van der Waals surface area contributed by atoms with Gasteiger partial charge in [0.05, 0.1) is 18.9 Å². The fourth-order valence-electron chi connectivity index (χ4n) is 6.13. The molecule has 39 heavy (non-hydrogen) atoms. The van der Waals surface area contributed by atoms with Gasteiger partial charge in [-0.25, -0.2) is 0 Å². The van der Waals surface area contributed by atoms with E-state index >= 15 is 0 Å². The summed E-state index contributed by atoms with van der Waals surface area (Å²) in [4.78, 5) is 0. The highest BCUT2D eigenvalue weighted by Gasteiger charge is 2.41. The van der Waals surface area contributed by atoms with E-state index in [2.05, 4.69) is 47.3 Å². The van der Waals surface area contributed by atoms with Gasteiger partial charge in [0.25, 0.3) is 0 Å². The van der Waals surface area contributed by atoms with Crippen LogP contribution in [-0.4, -0.2) is 17.8 Å². The molecule has 0 bridgehead atoms. The number of hydrogen-bond acceptors (Lipinski definition) is 4. The zero-order valence-corrected chi connectivity index (χ0v) is 26.1. The molecule has 2 aliphatic rings. The molecule has 3 rings (SSSR count). The maximum Gasteiger partial charge on any atom is 0.335 e. The van der Waals surface area contributed by atoms with E-state index < -0.39 is 13.7 Å². The first-order chi connectivity index (χ1) is 18.5. The molecule has 0 heterocycles. The topological polar surface area (TPSA) is 55.8 Å². The third-order valence-corrected chi connectivity index (χ3v) is 10.4. The van der Waals surface area contributed by atoms with Crippen molar-refractivity contribution in [2.45, 2.75) is 105 Å². The van der Waals surface area contributed by atoms with Gasteiger partial charge in [0.2, 0.25) is 0 Å². The number of benzene rings is 1. The Kier molecular flexibility index (Phi) is 11.5. The van der Waals surface area contributed by atoms with Crippen molar-refractivity contribution in [3.05, 3.63) is 82.7 Å². The van der Waals surface area contributed by atoms with Crippen molar-refractivity contribution in [3.63, 3.8) is 0 Å². The summed E-state index contributed by atoms with van der Waals surface area (Å²) in [6.45, 7) is 17.4. The molecule has 1 aromatic carbocycles. The van der Waals surface area contributed by atoms with Crippen molar-refractivity contribution in [2.75, 3.05) is 6.61 Å². The molecule has 4 atom stereocenters. The second kappa shape index (κ2) is 14.2. The van der Waals surface area contributed by atoms with Crippen LogP contribution < -0.4 is 0 Å². The molecule has 1 N–H and O–H groups in total. The van der Waals surface area contributed by atoms with Crippen LogP contribution in [0.3, 0.4) is 0 Å². The lowest BCUT2D eigenvalue weighted by Crippen LogP contribution is -2.33. The summed E-state index contributed by atoms with van der Waals surface area (Å²) in [6.07, 6.45) is 12.4. The molecule has 1 aromatic rings. The number of aliphatic hydroxyl groups excluding tert-OH is 1. The molecular formula is C34H51O4P. The molecule has 0 aromatic heterocycles. The summed E-state index contributed by atoms with van der Waals surface area (Å²) in [6, 6.07) is 9.75. The third kappa shape index (κ3) is 8.56. The highest BCUT2D eigenvalue weighted by atomic mass is 31.2. The zero-order valence-electron chi connectivity index (χ0n) is 25.2. The van der Waals surface area contributed by atoms with Gasteiger partial charge in [-0.1, -0.05) is 106 Å². The Balaban J connectivity index is 2.03. The summed E-state index contributed by atoms with van der Waals surface area (Å²) in [5.74, 6) is 0.418. The van der Waals surface area contributed by atoms with Crippen molar-refractivity contribution in [3.8, 4) is 0 Å². The number of unbranched alkanes of at least 4 members (excludes halogenated alkanes) is 3. The molecule has 5 heteroatoms. The van der Waals surface area contributed by atoms with Crippen LogP contribution in [0, 0.1) is 17.3 Å². The smallest absolute Gasteiger partial charge is 0.335 e. The van der Waals surface area contributed by atoms with Crippen LogP contribution >= 0.6 is 7.60 Å². The van der Waals surface area contributed by atoms with Crippen LogP contribution in [-0.2, 0) is 19.8 Å². The average molecular weight is 555 g/mol. The SMILES string of the molecule is C=C(C)C1CCC(C)=CC1C1=C(O)C=C(C(C)(C)CCCCCC)CC1OP(=O)(Cc1ccccc1)OCC. The standard InChI is InChI=1S/C34H51O4P/c1-8-10-11-15-20-34(6,7)28-22-31(35)33(30-21-26(5)18-19-29(30)25(3)4)32(23-28)38-39(36,37-9-2)24-27-16-13-12-14-17-27/h12-14,16-17,21-22,29-30,32,35H,3,8-11,15,18-20,23-24H2,1-2,4-7H3. The van der Waals surface area contributed by atoms with Gasteiger partial charge in [-0.2, -0.15) is 0 Å². The van der Waals surface area contributed by atoms with Crippen molar-refractivity contribution < 1.29 is 18.7 Å². The van der Waals surface area contributed by atoms with E-state index in [4.69, 9.17) is 9.05 Å². The summed E-state index contributed by atoms with van der Waals surface area (Å²) in [5.41, 5.74) is 5.19. The lowest BCUT2D eigenvalue weighted by Gasteiger charge is -2.40. The van der Waals surface area contributed by atoms with Gasteiger partial charge >= 0.3 is 7.60 Å². The third-order valence-electron chi connectivity index (χ3n) is 8.46. The predicted octanol–water partition coefficient (Wildman–Crippen LogP) is 10.5. The van der Waals surface area contributed by atoms with Gasteiger partial charge in [0.15, 0.2) is 0 Å². The minimum absolute atomic E-state index is 0.0430. The quantitative estimate of drug-likeness (QED) is 0.141. The molecule has 0 radical (unpaired) electrons. The van der Waals surface area contributed by atoms with Gasteiger partial charge in [-0.05, 0) is 63.0 Å². The molecule has 0 saturated carbocycles. The van der Waals surface area contributed by atoms with Crippen LogP contribution in [0.5, 0.6) is 0 Å². The Morgan fingerprint density at radius 1 is 1.15 bits per heavy atom. The van der Waals surface area contributed by atoms with E-state index in [0.29, 0.717) is 13.0 Å². The van der Waals surface area contributed by atoms with Gasteiger partial charge in [0.1, 0.15) is 5.76 Å². The Morgan fingerprint density at radius 2 is 1.87 bits per heavy atom. The molecule has 4 nitrogen and oxygen atoms in total. The first kappa shape index (κ1) is 31.7. The monoisotopic (exact) mass is 554 g/mol. The van der Waals surface area contributed by atoms with Gasteiger partial charge < -0.3 is 9.63 Å². The van der Waals surface area contributed by atoms with E-state index in [-0.39, 0.29) is 29.2 Å². The largest absolute Gasteiger partial charge is 0.508 e. The summed E-state index contributed by atoms with van der Waals surface area (Å²) in [7, 11) is -3.51. The van der Waals surface area contributed by atoms with Crippen LogP contribution in [0.25, 0.3) is 0 Å². The first-order valence-electron chi connectivity index (χ1n) is 14.9. The van der Waals surface area contributed by atoms with Crippen molar-refractivity contribution >= 4 is 7.60 Å². The highest BCUT2D eigenvalue weighted by Crippen LogP contribution is 2.56. The maximum absolute atomic E-state index is 14.3. The Hall–Kier alpha value is -1.87. The summed E-state index contributed by atoms with van der Waals surface area (Å²) in [5, 5.41) is 11.7. The molecule has 0 amide bonds. The van der Waals surface area contributed by atoms with Gasteiger partial charge in [-0.3, -0.25) is 9.09 Å². The Bertz CT molecular complexity index is 1110. The van der Waals surface area contributed by atoms with Gasteiger partial charge in [0, 0.05) is 17.9 Å². The van der Waals surface area contributed by atoms with E-state index in [1.54, 1.807) is 0 Å². The Morgan fingerprint density at radius 3 is 2.51 bits per heavy atom.